The van der Waals surface area contributed by atoms with Gasteiger partial charge in [0.2, 0.25) is 5.91 Å². The molecule has 0 fully saturated rings. The Labute approximate surface area is 98.9 Å². The molecule has 1 amide bonds. The summed E-state index contributed by atoms with van der Waals surface area (Å²) in [5.74, 6) is -0.101. The summed E-state index contributed by atoms with van der Waals surface area (Å²) in [4.78, 5) is 11.7. The maximum Gasteiger partial charge on any atom is 0.239 e. The highest BCUT2D eigenvalue weighted by molar-refractivity contribution is 5.81. The van der Waals surface area contributed by atoms with E-state index in [0.29, 0.717) is 0 Å². The molecule has 0 aromatic heterocycles. The van der Waals surface area contributed by atoms with Crippen molar-refractivity contribution in [3.05, 3.63) is 0 Å². The van der Waals surface area contributed by atoms with Gasteiger partial charge in [-0.1, -0.05) is 33.1 Å². The van der Waals surface area contributed by atoms with E-state index in [4.69, 9.17) is 10.5 Å². The smallest absolute Gasteiger partial charge is 0.239 e. The van der Waals surface area contributed by atoms with E-state index in [9.17, 15) is 4.79 Å². The molecule has 0 spiro atoms. The van der Waals surface area contributed by atoms with Crippen LogP contribution in [-0.2, 0) is 9.53 Å². The predicted molar refractivity (Wildman–Crippen MR) is 66.2 cm³/mol. The summed E-state index contributed by atoms with van der Waals surface area (Å²) in [7, 11) is 1.55. The molecule has 0 rings (SSSR count). The van der Waals surface area contributed by atoms with Gasteiger partial charge in [0.15, 0.2) is 0 Å². The van der Waals surface area contributed by atoms with Crippen molar-refractivity contribution in [3.8, 4) is 0 Å². The number of hydrogen-bond donors (Lipinski definition) is 2. The molecule has 0 aromatic carbocycles. The minimum Gasteiger partial charge on any atom is -0.383 e. The second kappa shape index (κ2) is 9.60. The van der Waals surface area contributed by atoms with Gasteiger partial charge in [-0.15, -0.1) is 0 Å². The second-order valence-electron chi connectivity index (χ2n) is 4.20. The van der Waals surface area contributed by atoms with Gasteiger partial charge < -0.3 is 15.8 Å². The molecule has 3 N–H and O–H groups in total. The molecule has 2 atom stereocenters. The number of rotatable bonds is 9. The molecule has 0 bridgehead atoms. The highest BCUT2D eigenvalue weighted by Crippen LogP contribution is 2.06. The summed E-state index contributed by atoms with van der Waals surface area (Å²) in [6, 6.07) is -0.286. The van der Waals surface area contributed by atoms with E-state index in [0.717, 1.165) is 32.1 Å². The van der Waals surface area contributed by atoms with Crippen LogP contribution in [0.3, 0.4) is 0 Å². The zero-order valence-corrected chi connectivity index (χ0v) is 10.8. The van der Waals surface area contributed by atoms with E-state index in [1.54, 1.807) is 7.11 Å². The maximum atomic E-state index is 11.7. The van der Waals surface area contributed by atoms with Crippen LogP contribution in [0.4, 0.5) is 0 Å². The molecule has 0 heterocycles. The van der Waals surface area contributed by atoms with E-state index < -0.39 is 6.04 Å². The lowest BCUT2D eigenvalue weighted by Gasteiger charge is -2.20. The fourth-order valence-corrected chi connectivity index (χ4v) is 1.65. The molecular formula is C12H26N2O2. The highest BCUT2D eigenvalue weighted by Gasteiger charge is 2.16. The molecular weight excluding hydrogens is 204 g/mol. The van der Waals surface area contributed by atoms with Crippen molar-refractivity contribution < 1.29 is 9.53 Å². The molecule has 16 heavy (non-hydrogen) atoms. The Balaban J connectivity index is 4.00. The summed E-state index contributed by atoms with van der Waals surface area (Å²) in [6.45, 7) is 4.56. The number of hydrogen-bond acceptors (Lipinski definition) is 3. The highest BCUT2D eigenvalue weighted by atomic mass is 16.5. The predicted octanol–water partition coefficient (Wildman–Crippen LogP) is 1.44. The van der Waals surface area contributed by atoms with E-state index in [-0.39, 0.29) is 18.6 Å². The molecule has 4 heteroatoms. The Morgan fingerprint density at radius 3 is 2.50 bits per heavy atom. The number of amides is 1. The van der Waals surface area contributed by atoms with E-state index in [1.807, 2.05) is 0 Å². The van der Waals surface area contributed by atoms with Gasteiger partial charge >= 0.3 is 0 Å². The lowest BCUT2D eigenvalue weighted by atomic mass is 10.0. The van der Waals surface area contributed by atoms with Gasteiger partial charge in [-0.3, -0.25) is 4.79 Å². The number of unbranched alkanes of at least 4 members (excludes halogenated alkanes) is 1. The average molecular weight is 230 g/mol. The van der Waals surface area contributed by atoms with Crippen LogP contribution in [-0.4, -0.2) is 31.7 Å². The first kappa shape index (κ1) is 15.4. The number of carbonyl (C=O) groups excluding carboxylic acids is 1. The van der Waals surface area contributed by atoms with E-state index in [1.165, 1.54) is 0 Å². The van der Waals surface area contributed by atoms with Gasteiger partial charge in [0.25, 0.3) is 0 Å². The molecule has 0 aliphatic rings. The third-order valence-electron chi connectivity index (χ3n) is 2.57. The molecule has 0 aliphatic heterocycles. The zero-order chi connectivity index (χ0) is 12.4. The zero-order valence-electron chi connectivity index (χ0n) is 10.8. The third kappa shape index (κ3) is 6.80. The fourth-order valence-electron chi connectivity index (χ4n) is 1.65. The van der Waals surface area contributed by atoms with Crippen molar-refractivity contribution in [3.63, 3.8) is 0 Å². The normalized spacial score (nSPS) is 14.5. The SMILES string of the molecule is CCCCC(CCC)NC(=O)C(N)COC. The van der Waals surface area contributed by atoms with Gasteiger partial charge in [-0.05, 0) is 12.8 Å². The Hall–Kier alpha value is -0.610. The first-order valence-electron chi connectivity index (χ1n) is 6.20. The lowest BCUT2D eigenvalue weighted by Crippen LogP contribution is -2.47. The Morgan fingerprint density at radius 1 is 1.31 bits per heavy atom. The van der Waals surface area contributed by atoms with Crippen molar-refractivity contribution in [1.82, 2.24) is 5.32 Å². The quantitative estimate of drug-likeness (QED) is 0.630. The van der Waals surface area contributed by atoms with E-state index in [2.05, 4.69) is 19.2 Å². The van der Waals surface area contributed by atoms with Gasteiger partial charge in [-0.25, -0.2) is 0 Å². The number of carbonyl (C=O) groups is 1. The monoisotopic (exact) mass is 230 g/mol. The summed E-state index contributed by atoms with van der Waals surface area (Å²) >= 11 is 0. The Kier molecular flexibility index (Phi) is 9.24. The van der Waals surface area contributed by atoms with Crippen molar-refractivity contribution >= 4 is 5.91 Å². The standard InChI is InChI=1S/C12H26N2O2/c1-4-6-8-10(7-5-2)14-12(15)11(13)9-16-3/h10-11H,4-9,13H2,1-3H3,(H,14,15). The van der Waals surface area contributed by atoms with Gasteiger partial charge in [0.1, 0.15) is 6.04 Å². The maximum absolute atomic E-state index is 11.7. The van der Waals surface area contributed by atoms with Crippen molar-refractivity contribution in [2.24, 2.45) is 5.73 Å². The Bertz CT molecular complexity index is 186. The second-order valence-corrected chi connectivity index (χ2v) is 4.20. The number of methoxy groups -OCH3 is 1. The van der Waals surface area contributed by atoms with Crippen LogP contribution in [0.15, 0.2) is 0 Å². The topological polar surface area (TPSA) is 64.4 Å². The number of nitrogens with two attached hydrogens (primary N) is 1. The van der Waals surface area contributed by atoms with Crippen LogP contribution in [0.2, 0.25) is 0 Å². The minimum absolute atomic E-state index is 0.101. The number of nitrogens with one attached hydrogen (secondary N) is 1. The van der Waals surface area contributed by atoms with Crippen LogP contribution in [0.1, 0.15) is 46.0 Å². The third-order valence-corrected chi connectivity index (χ3v) is 2.57. The molecule has 0 saturated heterocycles. The number of ether oxygens (including phenoxy) is 1. The van der Waals surface area contributed by atoms with Crippen LogP contribution < -0.4 is 11.1 Å². The summed E-state index contributed by atoms with van der Waals surface area (Å²) in [5, 5.41) is 2.99. The van der Waals surface area contributed by atoms with Crippen molar-refractivity contribution in [1.29, 1.82) is 0 Å². The van der Waals surface area contributed by atoms with Crippen LogP contribution in [0.25, 0.3) is 0 Å². The summed E-state index contributed by atoms with van der Waals surface area (Å²) < 4.78 is 4.86. The molecule has 4 nitrogen and oxygen atoms in total. The molecule has 0 radical (unpaired) electrons. The molecule has 0 aromatic rings. The van der Waals surface area contributed by atoms with Crippen molar-refractivity contribution in [2.45, 2.75) is 58.0 Å². The van der Waals surface area contributed by atoms with Gasteiger partial charge in [-0.2, -0.15) is 0 Å². The summed E-state index contributed by atoms with van der Waals surface area (Å²) in [6.07, 6.45) is 5.43. The van der Waals surface area contributed by atoms with Gasteiger partial charge in [0, 0.05) is 13.2 Å². The fraction of sp³-hybridized carbons (Fsp3) is 0.917. The van der Waals surface area contributed by atoms with Crippen LogP contribution in [0, 0.1) is 0 Å². The summed E-state index contributed by atoms with van der Waals surface area (Å²) in [5.41, 5.74) is 5.66. The average Bonchev–Trinajstić information content (AvgIpc) is 2.26. The van der Waals surface area contributed by atoms with Crippen molar-refractivity contribution in [2.75, 3.05) is 13.7 Å². The van der Waals surface area contributed by atoms with Crippen LogP contribution >= 0.6 is 0 Å². The largest absolute Gasteiger partial charge is 0.383 e. The lowest BCUT2D eigenvalue weighted by molar-refractivity contribution is -0.124. The van der Waals surface area contributed by atoms with Crippen LogP contribution in [0.5, 0.6) is 0 Å². The minimum atomic E-state index is -0.550. The molecule has 2 unspecified atom stereocenters. The molecule has 0 aliphatic carbocycles. The van der Waals surface area contributed by atoms with E-state index >= 15 is 0 Å². The first-order chi connectivity index (χ1) is 7.65. The van der Waals surface area contributed by atoms with Gasteiger partial charge in [0.05, 0.1) is 6.61 Å². The molecule has 96 valence electrons. The Morgan fingerprint density at radius 2 is 2.00 bits per heavy atom. The molecule has 0 saturated carbocycles. The first-order valence-corrected chi connectivity index (χ1v) is 6.20.